The third kappa shape index (κ3) is 2.53. The molecule has 0 atom stereocenters. The zero-order valence-corrected chi connectivity index (χ0v) is 10.9. The van der Waals surface area contributed by atoms with Crippen LogP contribution in [0.4, 0.5) is 13.2 Å². The fraction of sp³-hybridized carbons (Fsp3) is 0.167. The van der Waals surface area contributed by atoms with Crippen LogP contribution in [0.1, 0.15) is 12.7 Å². The standard InChI is InChI=1S/C12H8BrF3N2/c1-2-11-17-9(5-10(13)18-11)6-3-7(14)12(16)8(15)4-6/h3-5H,2H2,1H3. The second-order valence-electron chi connectivity index (χ2n) is 3.60. The Hall–Kier alpha value is -1.43. The lowest BCUT2D eigenvalue weighted by Gasteiger charge is -2.05. The molecule has 1 aromatic carbocycles. The van der Waals surface area contributed by atoms with Gasteiger partial charge in [0.1, 0.15) is 10.4 Å². The quantitative estimate of drug-likeness (QED) is 0.620. The van der Waals surface area contributed by atoms with Crippen LogP contribution in [0, 0.1) is 17.5 Å². The number of halogens is 4. The summed E-state index contributed by atoms with van der Waals surface area (Å²) in [4.78, 5) is 8.22. The van der Waals surface area contributed by atoms with Gasteiger partial charge < -0.3 is 0 Å². The van der Waals surface area contributed by atoms with Gasteiger partial charge in [0, 0.05) is 12.0 Å². The van der Waals surface area contributed by atoms with Gasteiger partial charge in [-0.25, -0.2) is 23.1 Å². The van der Waals surface area contributed by atoms with Gasteiger partial charge in [-0.15, -0.1) is 0 Å². The van der Waals surface area contributed by atoms with Crippen LogP contribution in [0.5, 0.6) is 0 Å². The van der Waals surface area contributed by atoms with Crippen LogP contribution in [-0.2, 0) is 6.42 Å². The Morgan fingerprint density at radius 2 is 1.67 bits per heavy atom. The predicted molar refractivity (Wildman–Crippen MR) is 64.4 cm³/mol. The molecule has 1 heterocycles. The van der Waals surface area contributed by atoms with E-state index in [1.165, 1.54) is 6.07 Å². The molecule has 0 aliphatic heterocycles. The van der Waals surface area contributed by atoms with Gasteiger partial charge in [0.2, 0.25) is 0 Å². The molecule has 18 heavy (non-hydrogen) atoms. The number of aryl methyl sites for hydroxylation is 1. The molecular formula is C12H8BrF3N2. The van der Waals surface area contributed by atoms with E-state index in [1.807, 2.05) is 6.92 Å². The maximum atomic E-state index is 13.1. The molecule has 0 radical (unpaired) electrons. The van der Waals surface area contributed by atoms with Crippen molar-refractivity contribution in [2.75, 3.05) is 0 Å². The fourth-order valence-corrected chi connectivity index (χ4v) is 1.90. The molecular weight excluding hydrogens is 309 g/mol. The van der Waals surface area contributed by atoms with Crippen molar-refractivity contribution in [3.05, 3.63) is 46.1 Å². The first-order valence-electron chi connectivity index (χ1n) is 5.19. The van der Waals surface area contributed by atoms with E-state index >= 15 is 0 Å². The number of rotatable bonds is 2. The number of hydrogen-bond acceptors (Lipinski definition) is 2. The van der Waals surface area contributed by atoms with E-state index in [2.05, 4.69) is 25.9 Å². The molecule has 2 rings (SSSR count). The van der Waals surface area contributed by atoms with E-state index in [-0.39, 0.29) is 5.56 Å². The molecule has 0 aliphatic carbocycles. The molecule has 94 valence electrons. The summed E-state index contributed by atoms with van der Waals surface area (Å²) in [6.07, 6.45) is 0.582. The number of aromatic nitrogens is 2. The summed E-state index contributed by atoms with van der Waals surface area (Å²) in [7, 11) is 0. The minimum Gasteiger partial charge on any atom is -0.233 e. The molecule has 6 heteroatoms. The molecule has 0 bridgehead atoms. The van der Waals surface area contributed by atoms with Gasteiger partial charge in [-0.3, -0.25) is 0 Å². The lowest BCUT2D eigenvalue weighted by Crippen LogP contribution is -1.98. The van der Waals surface area contributed by atoms with Crippen molar-refractivity contribution in [3.63, 3.8) is 0 Å². The SMILES string of the molecule is CCc1nc(Br)cc(-c2cc(F)c(F)c(F)c2)n1. The van der Waals surface area contributed by atoms with Crippen molar-refractivity contribution in [1.29, 1.82) is 0 Å². The Kier molecular flexibility index (Phi) is 3.65. The Bertz CT molecular complexity index is 579. The van der Waals surface area contributed by atoms with Crippen molar-refractivity contribution in [1.82, 2.24) is 9.97 Å². The van der Waals surface area contributed by atoms with E-state index < -0.39 is 17.5 Å². The molecule has 0 unspecified atom stereocenters. The Morgan fingerprint density at radius 1 is 1.06 bits per heavy atom. The zero-order valence-electron chi connectivity index (χ0n) is 9.35. The number of nitrogens with zero attached hydrogens (tertiary/aromatic N) is 2. The molecule has 0 aliphatic rings. The van der Waals surface area contributed by atoms with Crippen LogP contribution in [0.15, 0.2) is 22.8 Å². The van der Waals surface area contributed by atoms with Crippen LogP contribution in [-0.4, -0.2) is 9.97 Å². The number of benzene rings is 1. The maximum absolute atomic E-state index is 13.1. The highest BCUT2D eigenvalue weighted by Gasteiger charge is 2.13. The topological polar surface area (TPSA) is 25.8 Å². The monoisotopic (exact) mass is 316 g/mol. The van der Waals surface area contributed by atoms with E-state index in [1.54, 1.807) is 0 Å². The summed E-state index contributed by atoms with van der Waals surface area (Å²) in [5, 5.41) is 0. The van der Waals surface area contributed by atoms with E-state index in [9.17, 15) is 13.2 Å². The molecule has 2 nitrogen and oxygen atoms in total. The van der Waals surface area contributed by atoms with Gasteiger partial charge in [-0.2, -0.15) is 0 Å². The van der Waals surface area contributed by atoms with Gasteiger partial charge in [-0.1, -0.05) is 6.92 Å². The minimum absolute atomic E-state index is 0.171. The first kappa shape index (κ1) is 13.0. The average Bonchev–Trinajstić information content (AvgIpc) is 2.34. The van der Waals surface area contributed by atoms with Gasteiger partial charge in [0.05, 0.1) is 5.69 Å². The van der Waals surface area contributed by atoms with E-state index in [0.717, 1.165) is 12.1 Å². The summed E-state index contributed by atoms with van der Waals surface area (Å²) < 4.78 is 39.6. The lowest BCUT2D eigenvalue weighted by molar-refractivity contribution is 0.447. The summed E-state index contributed by atoms with van der Waals surface area (Å²) >= 11 is 3.19. The molecule has 2 aromatic rings. The summed E-state index contributed by atoms with van der Waals surface area (Å²) in [6, 6.07) is 3.34. The maximum Gasteiger partial charge on any atom is 0.194 e. The second kappa shape index (κ2) is 5.06. The summed E-state index contributed by atoms with van der Waals surface area (Å²) in [5.41, 5.74) is 0.510. The third-order valence-corrected chi connectivity index (χ3v) is 2.74. The van der Waals surface area contributed by atoms with Crippen molar-refractivity contribution in [2.24, 2.45) is 0 Å². The molecule has 0 saturated carbocycles. The molecule has 0 saturated heterocycles. The fourth-order valence-electron chi connectivity index (χ4n) is 1.47. The van der Waals surface area contributed by atoms with E-state index in [4.69, 9.17) is 0 Å². The second-order valence-corrected chi connectivity index (χ2v) is 4.41. The van der Waals surface area contributed by atoms with Crippen LogP contribution in [0.3, 0.4) is 0 Å². The highest BCUT2D eigenvalue weighted by molar-refractivity contribution is 9.10. The van der Waals surface area contributed by atoms with Crippen LogP contribution in [0.2, 0.25) is 0 Å². The first-order chi connectivity index (χ1) is 8.51. The van der Waals surface area contributed by atoms with Gasteiger partial charge in [0.15, 0.2) is 17.5 Å². The van der Waals surface area contributed by atoms with Crippen LogP contribution in [0.25, 0.3) is 11.3 Å². The van der Waals surface area contributed by atoms with Gasteiger partial charge >= 0.3 is 0 Å². The minimum atomic E-state index is -1.48. The normalized spacial score (nSPS) is 10.7. The molecule has 1 aromatic heterocycles. The summed E-state index contributed by atoms with van der Waals surface area (Å²) in [5.74, 6) is -3.43. The smallest absolute Gasteiger partial charge is 0.194 e. The first-order valence-corrected chi connectivity index (χ1v) is 5.99. The lowest BCUT2D eigenvalue weighted by atomic mass is 10.1. The van der Waals surface area contributed by atoms with Gasteiger partial charge in [0.25, 0.3) is 0 Å². The number of hydrogen-bond donors (Lipinski definition) is 0. The third-order valence-electron chi connectivity index (χ3n) is 2.34. The van der Waals surface area contributed by atoms with Gasteiger partial charge in [-0.05, 0) is 34.1 Å². The zero-order chi connectivity index (χ0) is 13.3. The highest BCUT2D eigenvalue weighted by Crippen LogP contribution is 2.24. The molecule has 0 amide bonds. The van der Waals surface area contributed by atoms with Crippen LogP contribution >= 0.6 is 15.9 Å². The average molecular weight is 317 g/mol. The van der Waals surface area contributed by atoms with Crippen molar-refractivity contribution >= 4 is 15.9 Å². The van der Waals surface area contributed by atoms with Crippen LogP contribution < -0.4 is 0 Å². The van der Waals surface area contributed by atoms with Crippen molar-refractivity contribution in [2.45, 2.75) is 13.3 Å². The van der Waals surface area contributed by atoms with Crippen molar-refractivity contribution in [3.8, 4) is 11.3 Å². The molecule has 0 spiro atoms. The highest BCUT2D eigenvalue weighted by atomic mass is 79.9. The van der Waals surface area contributed by atoms with Crippen molar-refractivity contribution < 1.29 is 13.2 Å². The Labute approximate surface area is 110 Å². The Morgan fingerprint density at radius 3 is 2.22 bits per heavy atom. The Balaban J connectivity index is 2.58. The molecule has 0 N–H and O–H groups in total. The summed E-state index contributed by atoms with van der Waals surface area (Å²) in [6.45, 7) is 1.86. The van der Waals surface area contributed by atoms with E-state index in [0.29, 0.717) is 22.5 Å². The predicted octanol–water partition coefficient (Wildman–Crippen LogP) is 3.89. The largest absolute Gasteiger partial charge is 0.233 e. The molecule has 0 fully saturated rings.